The lowest BCUT2D eigenvalue weighted by molar-refractivity contribution is -0.384. The third kappa shape index (κ3) is 3.53. The number of nitrogens with one attached hydrogen (secondary N) is 1. The predicted octanol–water partition coefficient (Wildman–Crippen LogP) is 3.52. The van der Waals surface area contributed by atoms with Crippen LogP contribution in [0.25, 0.3) is 0 Å². The van der Waals surface area contributed by atoms with Crippen LogP contribution in [0.15, 0.2) is 42.5 Å². The third-order valence-electron chi connectivity index (χ3n) is 3.22. The number of nitro groups is 1. The van der Waals surface area contributed by atoms with Crippen molar-refractivity contribution in [1.82, 2.24) is 0 Å². The molecule has 0 spiro atoms. The summed E-state index contributed by atoms with van der Waals surface area (Å²) in [5, 5.41) is 14.8. The molecular weight excluding hydrogens is 306 g/mol. The Morgan fingerprint density at radius 3 is 2.45 bits per heavy atom. The van der Waals surface area contributed by atoms with Gasteiger partial charge in [0.2, 0.25) is 5.91 Å². The van der Waals surface area contributed by atoms with Gasteiger partial charge >= 0.3 is 0 Å². The fourth-order valence-corrected chi connectivity index (χ4v) is 2.15. The number of benzene rings is 2. The number of nitro benzene ring substituents is 1. The molecule has 22 heavy (non-hydrogen) atoms. The minimum atomic E-state index is -0.708. The molecule has 0 bridgehead atoms. The summed E-state index contributed by atoms with van der Waals surface area (Å²) < 4.78 is 0. The Morgan fingerprint density at radius 1 is 1.27 bits per heavy atom. The molecule has 6 nitrogen and oxygen atoms in total. The van der Waals surface area contributed by atoms with Crippen LogP contribution in [0.2, 0.25) is 5.02 Å². The Hall–Kier alpha value is -2.60. The van der Waals surface area contributed by atoms with Crippen molar-refractivity contribution in [3.8, 4) is 0 Å². The summed E-state index contributed by atoms with van der Waals surface area (Å²) >= 11 is 5.84. The van der Waals surface area contributed by atoms with Crippen molar-refractivity contribution in [3.05, 3.63) is 68.7 Å². The SMILES string of the molecule is C[C@H](Nc1ccc(C(N)=O)cc1[N+](=O)[O-])c1ccc(Cl)cc1. The fourth-order valence-electron chi connectivity index (χ4n) is 2.03. The van der Waals surface area contributed by atoms with E-state index in [1.807, 2.05) is 19.1 Å². The van der Waals surface area contributed by atoms with E-state index in [1.54, 1.807) is 12.1 Å². The largest absolute Gasteiger partial charge is 0.373 e. The van der Waals surface area contributed by atoms with Crippen molar-refractivity contribution in [3.63, 3.8) is 0 Å². The number of nitrogens with zero attached hydrogens (tertiary/aromatic N) is 1. The zero-order valence-corrected chi connectivity index (χ0v) is 12.5. The van der Waals surface area contributed by atoms with Gasteiger partial charge in [-0.15, -0.1) is 0 Å². The van der Waals surface area contributed by atoms with E-state index in [0.29, 0.717) is 10.7 Å². The van der Waals surface area contributed by atoms with Gasteiger partial charge in [-0.05, 0) is 36.8 Å². The third-order valence-corrected chi connectivity index (χ3v) is 3.47. The Balaban J connectivity index is 2.30. The lowest BCUT2D eigenvalue weighted by atomic mass is 10.1. The number of carbonyl (C=O) groups excluding carboxylic acids is 1. The van der Waals surface area contributed by atoms with Gasteiger partial charge in [-0.2, -0.15) is 0 Å². The van der Waals surface area contributed by atoms with Gasteiger partial charge in [-0.25, -0.2) is 0 Å². The molecule has 2 rings (SSSR count). The van der Waals surface area contributed by atoms with Crippen LogP contribution in [0.5, 0.6) is 0 Å². The molecule has 0 radical (unpaired) electrons. The van der Waals surface area contributed by atoms with Crippen molar-refractivity contribution in [2.75, 3.05) is 5.32 Å². The Labute approximate surface area is 132 Å². The van der Waals surface area contributed by atoms with E-state index < -0.39 is 10.8 Å². The van der Waals surface area contributed by atoms with Gasteiger partial charge in [-0.3, -0.25) is 14.9 Å². The smallest absolute Gasteiger partial charge is 0.293 e. The number of carbonyl (C=O) groups is 1. The molecule has 3 N–H and O–H groups in total. The van der Waals surface area contributed by atoms with Crippen LogP contribution < -0.4 is 11.1 Å². The first-order valence-electron chi connectivity index (χ1n) is 6.48. The topological polar surface area (TPSA) is 98.3 Å². The molecule has 0 saturated heterocycles. The van der Waals surface area contributed by atoms with E-state index >= 15 is 0 Å². The molecule has 2 aromatic rings. The second kappa shape index (κ2) is 6.44. The van der Waals surface area contributed by atoms with Crippen molar-refractivity contribution in [1.29, 1.82) is 0 Å². The molecule has 0 aliphatic carbocycles. The molecular formula is C15H14ClN3O3. The van der Waals surface area contributed by atoms with Gasteiger partial charge in [-0.1, -0.05) is 23.7 Å². The Bertz CT molecular complexity index is 716. The number of hydrogen-bond acceptors (Lipinski definition) is 4. The van der Waals surface area contributed by atoms with Crippen molar-refractivity contribution < 1.29 is 9.72 Å². The van der Waals surface area contributed by atoms with Gasteiger partial charge < -0.3 is 11.1 Å². The van der Waals surface area contributed by atoms with E-state index in [9.17, 15) is 14.9 Å². The summed E-state index contributed by atoms with van der Waals surface area (Å²) in [7, 11) is 0. The predicted molar refractivity (Wildman–Crippen MR) is 85.1 cm³/mol. The number of rotatable bonds is 5. The molecule has 114 valence electrons. The second-order valence-electron chi connectivity index (χ2n) is 4.77. The zero-order valence-electron chi connectivity index (χ0n) is 11.7. The maximum Gasteiger partial charge on any atom is 0.293 e. The van der Waals surface area contributed by atoms with Gasteiger partial charge in [0.15, 0.2) is 0 Å². The highest BCUT2D eigenvalue weighted by Gasteiger charge is 2.18. The summed E-state index contributed by atoms with van der Waals surface area (Å²) in [6.07, 6.45) is 0. The summed E-state index contributed by atoms with van der Waals surface area (Å²) in [4.78, 5) is 21.7. The van der Waals surface area contributed by atoms with Gasteiger partial charge in [0.25, 0.3) is 5.69 Å². The highest BCUT2D eigenvalue weighted by Crippen LogP contribution is 2.29. The first-order chi connectivity index (χ1) is 10.4. The summed E-state index contributed by atoms with van der Waals surface area (Å²) in [5.41, 5.74) is 6.29. The van der Waals surface area contributed by atoms with Crippen LogP contribution in [0.1, 0.15) is 28.9 Å². The summed E-state index contributed by atoms with van der Waals surface area (Å²) in [6.45, 7) is 1.87. The lowest BCUT2D eigenvalue weighted by Gasteiger charge is -2.16. The molecule has 1 atom stereocenters. The minimum absolute atomic E-state index is 0.0939. The molecule has 1 amide bonds. The highest BCUT2D eigenvalue weighted by atomic mass is 35.5. The van der Waals surface area contributed by atoms with Crippen LogP contribution in [0, 0.1) is 10.1 Å². The lowest BCUT2D eigenvalue weighted by Crippen LogP contribution is -2.13. The number of anilines is 1. The number of halogens is 1. The van der Waals surface area contributed by atoms with Crippen LogP contribution in [-0.2, 0) is 0 Å². The molecule has 0 fully saturated rings. The quantitative estimate of drug-likeness (QED) is 0.650. The van der Waals surface area contributed by atoms with Crippen molar-refractivity contribution in [2.24, 2.45) is 5.73 Å². The average Bonchev–Trinajstić information content (AvgIpc) is 2.47. The maximum absolute atomic E-state index is 11.2. The van der Waals surface area contributed by atoms with Crippen molar-refractivity contribution in [2.45, 2.75) is 13.0 Å². The number of nitrogens with two attached hydrogens (primary N) is 1. The number of amides is 1. The monoisotopic (exact) mass is 319 g/mol. The molecule has 0 saturated carbocycles. The normalized spacial score (nSPS) is 11.7. The molecule has 0 heterocycles. The maximum atomic E-state index is 11.2. The zero-order chi connectivity index (χ0) is 16.3. The molecule has 0 aliphatic rings. The molecule has 2 aromatic carbocycles. The van der Waals surface area contributed by atoms with Crippen LogP contribution in [-0.4, -0.2) is 10.8 Å². The Morgan fingerprint density at radius 2 is 1.91 bits per heavy atom. The van der Waals surface area contributed by atoms with E-state index in [1.165, 1.54) is 18.2 Å². The van der Waals surface area contributed by atoms with Gasteiger partial charge in [0.05, 0.1) is 4.92 Å². The standard InChI is InChI=1S/C15H14ClN3O3/c1-9(10-2-5-12(16)6-3-10)18-13-7-4-11(15(17)20)8-14(13)19(21)22/h2-9,18H,1H3,(H2,17,20)/t9-/m0/s1. The van der Waals surface area contributed by atoms with Gasteiger partial charge in [0, 0.05) is 22.7 Å². The summed E-state index contributed by atoms with van der Waals surface area (Å²) in [6, 6.07) is 11.1. The van der Waals surface area contributed by atoms with Gasteiger partial charge in [0.1, 0.15) is 5.69 Å². The minimum Gasteiger partial charge on any atom is -0.373 e. The second-order valence-corrected chi connectivity index (χ2v) is 5.21. The van der Waals surface area contributed by atoms with Crippen LogP contribution in [0.3, 0.4) is 0 Å². The Kier molecular flexibility index (Phi) is 4.62. The van der Waals surface area contributed by atoms with E-state index in [4.69, 9.17) is 17.3 Å². The molecule has 0 aliphatic heterocycles. The van der Waals surface area contributed by atoms with E-state index in [2.05, 4.69) is 5.32 Å². The first-order valence-corrected chi connectivity index (χ1v) is 6.86. The summed E-state index contributed by atoms with van der Waals surface area (Å²) in [5.74, 6) is -0.708. The van der Waals surface area contributed by atoms with E-state index in [0.717, 1.165) is 5.56 Å². The average molecular weight is 320 g/mol. The molecule has 0 aromatic heterocycles. The van der Waals surface area contributed by atoms with Crippen LogP contribution in [0.4, 0.5) is 11.4 Å². The highest BCUT2D eigenvalue weighted by molar-refractivity contribution is 6.30. The first kappa shape index (κ1) is 15.8. The number of hydrogen-bond donors (Lipinski definition) is 2. The van der Waals surface area contributed by atoms with Crippen molar-refractivity contribution >= 4 is 28.9 Å². The van der Waals surface area contributed by atoms with E-state index in [-0.39, 0.29) is 17.3 Å². The fraction of sp³-hybridized carbons (Fsp3) is 0.133. The van der Waals surface area contributed by atoms with Crippen LogP contribution >= 0.6 is 11.6 Å². The molecule has 0 unspecified atom stereocenters. The molecule has 7 heteroatoms. The number of primary amides is 1.